The molecule has 0 atom stereocenters. The summed E-state index contributed by atoms with van der Waals surface area (Å²) in [4.78, 5) is 25.8. The first-order valence-corrected chi connectivity index (χ1v) is 11.1. The molecule has 0 spiro atoms. The summed E-state index contributed by atoms with van der Waals surface area (Å²) in [6.07, 6.45) is 4.24. The molecule has 30 heavy (non-hydrogen) atoms. The third-order valence-electron chi connectivity index (χ3n) is 4.73. The lowest BCUT2D eigenvalue weighted by molar-refractivity contribution is -0.111. The molecule has 1 aliphatic carbocycles. The maximum Gasteiger partial charge on any atom is 0.414 e. The number of cyclic esters (lactones) is 1. The topological polar surface area (TPSA) is 105 Å². The van der Waals surface area contributed by atoms with Gasteiger partial charge in [0.1, 0.15) is 6.61 Å². The number of sulfonamides is 1. The quantitative estimate of drug-likeness (QED) is 0.661. The molecular weight excluding hydrogens is 406 g/mol. The lowest BCUT2D eigenvalue weighted by atomic mass is 10.2. The molecule has 2 N–H and O–H groups in total. The number of hydrogen-bond acceptors (Lipinski definition) is 5. The molecule has 1 aliphatic heterocycles. The van der Waals surface area contributed by atoms with Crippen molar-refractivity contribution in [3.05, 3.63) is 60.2 Å². The summed E-state index contributed by atoms with van der Waals surface area (Å²) in [6, 6.07) is 13.3. The van der Waals surface area contributed by atoms with Gasteiger partial charge in [-0.15, -0.1) is 0 Å². The first-order valence-electron chi connectivity index (χ1n) is 9.57. The van der Waals surface area contributed by atoms with Gasteiger partial charge in [0.2, 0.25) is 15.9 Å². The Balaban J connectivity index is 1.41. The standard InChI is InChI=1S/C21H21N3O5S/c25-20(22-18-3-1-2-4-19(18)24-13-14-29-21(24)26)12-7-15-5-10-17(11-6-15)30(27,28)23-16-8-9-16/h1-7,10-12,16,23H,8-9,13-14H2,(H,22,25)/b12-7+. The van der Waals surface area contributed by atoms with Gasteiger partial charge in [-0.3, -0.25) is 9.69 Å². The Morgan fingerprint density at radius 3 is 2.50 bits per heavy atom. The zero-order valence-corrected chi connectivity index (χ0v) is 16.9. The van der Waals surface area contributed by atoms with Gasteiger partial charge in [-0.2, -0.15) is 0 Å². The fourth-order valence-corrected chi connectivity index (χ4v) is 4.33. The van der Waals surface area contributed by atoms with E-state index in [-0.39, 0.29) is 16.8 Å². The van der Waals surface area contributed by atoms with Gasteiger partial charge < -0.3 is 10.1 Å². The van der Waals surface area contributed by atoms with Gasteiger partial charge in [-0.25, -0.2) is 17.9 Å². The van der Waals surface area contributed by atoms with Crippen LogP contribution in [0.3, 0.4) is 0 Å². The average molecular weight is 427 g/mol. The molecule has 2 aromatic carbocycles. The molecule has 1 saturated heterocycles. The van der Waals surface area contributed by atoms with Crippen LogP contribution in [-0.4, -0.2) is 39.6 Å². The van der Waals surface area contributed by atoms with Crippen molar-refractivity contribution in [1.82, 2.24) is 4.72 Å². The highest BCUT2D eigenvalue weighted by Crippen LogP contribution is 2.28. The number of carbonyl (C=O) groups excluding carboxylic acids is 2. The molecule has 2 aliphatic rings. The van der Waals surface area contributed by atoms with Gasteiger partial charge in [0.05, 0.1) is 22.8 Å². The summed E-state index contributed by atoms with van der Waals surface area (Å²) < 4.78 is 32.0. The Labute approximate surface area is 174 Å². The van der Waals surface area contributed by atoms with Crippen molar-refractivity contribution in [2.75, 3.05) is 23.4 Å². The summed E-state index contributed by atoms with van der Waals surface area (Å²) in [5.41, 5.74) is 1.75. The number of nitrogens with one attached hydrogen (secondary N) is 2. The molecule has 2 aromatic rings. The van der Waals surface area contributed by atoms with Crippen molar-refractivity contribution >= 4 is 39.5 Å². The monoisotopic (exact) mass is 427 g/mol. The normalized spacial score (nSPS) is 16.7. The van der Waals surface area contributed by atoms with E-state index in [4.69, 9.17) is 4.74 Å². The smallest absolute Gasteiger partial charge is 0.414 e. The lowest BCUT2D eigenvalue weighted by Gasteiger charge is -2.17. The van der Waals surface area contributed by atoms with Crippen LogP contribution in [0.1, 0.15) is 18.4 Å². The van der Waals surface area contributed by atoms with E-state index in [2.05, 4.69) is 10.0 Å². The highest BCUT2D eigenvalue weighted by molar-refractivity contribution is 7.89. The highest BCUT2D eigenvalue weighted by Gasteiger charge is 2.28. The van der Waals surface area contributed by atoms with E-state index in [0.717, 1.165) is 12.8 Å². The number of anilines is 2. The van der Waals surface area contributed by atoms with Crippen molar-refractivity contribution in [2.24, 2.45) is 0 Å². The number of benzene rings is 2. The second kappa shape index (κ2) is 8.29. The van der Waals surface area contributed by atoms with Crippen LogP contribution in [0.5, 0.6) is 0 Å². The number of amides is 2. The second-order valence-corrected chi connectivity index (χ2v) is 8.78. The Hall–Kier alpha value is -3.17. The van der Waals surface area contributed by atoms with Crippen LogP contribution in [0.25, 0.3) is 6.08 Å². The fourth-order valence-electron chi connectivity index (χ4n) is 3.02. The number of rotatable bonds is 7. The highest BCUT2D eigenvalue weighted by atomic mass is 32.2. The molecule has 4 rings (SSSR count). The molecule has 0 aromatic heterocycles. The summed E-state index contributed by atoms with van der Waals surface area (Å²) >= 11 is 0. The molecule has 8 nitrogen and oxygen atoms in total. The predicted molar refractivity (Wildman–Crippen MR) is 113 cm³/mol. The molecule has 2 fully saturated rings. The molecule has 9 heteroatoms. The first-order chi connectivity index (χ1) is 14.4. The van der Waals surface area contributed by atoms with Crippen molar-refractivity contribution in [3.63, 3.8) is 0 Å². The molecule has 0 radical (unpaired) electrons. The Morgan fingerprint density at radius 1 is 1.10 bits per heavy atom. The average Bonchev–Trinajstić information content (AvgIpc) is 3.43. The van der Waals surface area contributed by atoms with Crippen molar-refractivity contribution in [2.45, 2.75) is 23.8 Å². The number of carbonyl (C=O) groups is 2. The minimum atomic E-state index is -3.50. The summed E-state index contributed by atoms with van der Waals surface area (Å²) in [7, 11) is -3.50. The Morgan fingerprint density at radius 2 is 1.83 bits per heavy atom. The maximum absolute atomic E-state index is 12.4. The summed E-state index contributed by atoms with van der Waals surface area (Å²) in [5.74, 6) is -0.373. The zero-order chi connectivity index (χ0) is 21.1. The molecular formula is C21H21N3O5S. The summed E-state index contributed by atoms with van der Waals surface area (Å²) in [5, 5.41) is 2.76. The van der Waals surface area contributed by atoms with E-state index in [9.17, 15) is 18.0 Å². The van der Waals surface area contributed by atoms with Crippen LogP contribution in [-0.2, 0) is 19.6 Å². The number of ether oxygens (including phenoxy) is 1. The minimum Gasteiger partial charge on any atom is -0.447 e. The fraction of sp³-hybridized carbons (Fsp3) is 0.238. The number of nitrogens with zero attached hydrogens (tertiary/aromatic N) is 1. The maximum atomic E-state index is 12.4. The zero-order valence-electron chi connectivity index (χ0n) is 16.1. The molecule has 2 amide bonds. The van der Waals surface area contributed by atoms with Gasteiger partial charge in [0, 0.05) is 12.1 Å². The van der Waals surface area contributed by atoms with E-state index >= 15 is 0 Å². The molecule has 1 heterocycles. The second-order valence-electron chi connectivity index (χ2n) is 7.07. The van der Waals surface area contributed by atoms with Crippen LogP contribution in [0.2, 0.25) is 0 Å². The van der Waals surface area contributed by atoms with Crippen LogP contribution in [0.4, 0.5) is 16.2 Å². The largest absolute Gasteiger partial charge is 0.447 e. The third-order valence-corrected chi connectivity index (χ3v) is 6.27. The lowest BCUT2D eigenvalue weighted by Crippen LogP contribution is -2.25. The van der Waals surface area contributed by atoms with Crippen molar-refractivity contribution in [1.29, 1.82) is 0 Å². The van der Waals surface area contributed by atoms with Gasteiger partial charge >= 0.3 is 6.09 Å². The number of para-hydroxylation sites is 2. The van der Waals surface area contributed by atoms with Crippen LogP contribution < -0.4 is 14.9 Å². The van der Waals surface area contributed by atoms with Gasteiger partial charge in [0.25, 0.3) is 0 Å². The number of hydrogen-bond donors (Lipinski definition) is 2. The molecule has 0 unspecified atom stereocenters. The molecule has 1 saturated carbocycles. The van der Waals surface area contributed by atoms with E-state index in [0.29, 0.717) is 30.1 Å². The Kier molecular flexibility index (Phi) is 5.56. The van der Waals surface area contributed by atoms with Crippen LogP contribution in [0, 0.1) is 0 Å². The Bertz CT molecular complexity index is 1090. The van der Waals surface area contributed by atoms with Gasteiger partial charge in [-0.1, -0.05) is 24.3 Å². The van der Waals surface area contributed by atoms with E-state index in [1.54, 1.807) is 42.5 Å². The van der Waals surface area contributed by atoms with Crippen LogP contribution in [0.15, 0.2) is 59.5 Å². The van der Waals surface area contributed by atoms with E-state index in [1.807, 2.05) is 0 Å². The predicted octanol–water partition coefficient (Wildman–Crippen LogP) is 2.74. The van der Waals surface area contributed by atoms with E-state index in [1.165, 1.54) is 23.1 Å². The van der Waals surface area contributed by atoms with Crippen molar-refractivity contribution < 1.29 is 22.7 Å². The van der Waals surface area contributed by atoms with Crippen molar-refractivity contribution in [3.8, 4) is 0 Å². The molecule has 0 bridgehead atoms. The van der Waals surface area contributed by atoms with E-state index < -0.39 is 16.1 Å². The minimum absolute atomic E-state index is 0.0450. The van der Waals surface area contributed by atoms with Crippen LogP contribution >= 0.6 is 0 Å². The summed E-state index contributed by atoms with van der Waals surface area (Å²) in [6.45, 7) is 0.731. The van der Waals surface area contributed by atoms with Gasteiger partial charge in [0.15, 0.2) is 0 Å². The first kappa shape index (κ1) is 20.1. The SMILES string of the molecule is O=C(/C=C/c1ccc(S(=O)(=O)NC2CC2)cc1)Nc1ccccc1N1CCOC1=O. The third kappa shape index (κ3) is 4.69. The molecule has 156 valence electrons. The van der Waals surface area contributed by atoms with Gasteiger partial charge in [-0.05, 0) is 48.7 Å².